The van der Waals surface area contributed by atoms with Crippen molar-refractivity contribution >= 4 is 18.6 Å². The summed E-state index contributed by atoms with van der Waals surface area (Å²) in [5, 5.41) is 27.3. The number of rotatable bonds is 4. The van der Waals surface area contributed by atoms with E-state index in [1.165, 1.54) is 0 Å². The molecule has 0 spiro atoms. The zero-order chi connectivity index (χ0) is 11.5. The Bertz CT molecular complexity index is 230. The average Bonchev–Trinajstić information content (AvgIpc) is 2.20. The van der Waals surface area contributed by atoms with Crippen LogP contribution in [0.4, 0.5) is 0 Å². The van der Waals surface area contributed by atoms with Gasteiger partial charge in [0.1, 0.15) is 0 Å². The van der Waals surface area contributed by atoms with Crippen LogP contribution in [0.1, 0.15) is 32.1 Å². The highest BCUT2D eigenvalue weighted by Crippen LogP contribution is 2.36. The highest BCUT2D eigenvalue weighted by atomic mass is 32.1. The van der Waals surface area contributed by atoms with Crippen LogP contribution in [0.2, 0.25) is 0 Å². The molecule has 0 aromatic rings. The first-order valence-electron chi connectivity index (χ1n) is 5.08. The fourth-order valence-corrected chi connectivity index (χ4v) is 2.78. The molecule has 1 rings (SSSR count). The maximum Gasteiger partial charge on any atom is 0.330 e. The van der Waals surface area contributed by atoms with Crippen LogP contribution in [-0.2, 0) is 4.79 Å². The van der Waals surface area contributed by atoms with E-state index in [0.29, 0.717) is 12.8 Å². The van der Waals surface area contributed by atoms with Crippen LogP contribution < -0.4 is 0 Å². The standard InChI is InChI=1S/C9H17NO4S/c11-8(12)9(6-15,10(13)14)7-4-2-1-3-5-7/h7,13-15H,1-6H2,(H,11,12)/t9-/m1/s1. The zero-order valence-electron chi connectivity index (χ0n) is 8.46. The summed E-state index contributed by atoms with van der Waals surface area (Å²) >= 11 is 3.95. The third-order valence-corrected chi connectivity index (χ3v) is 3.73. The van der Waals surface area contributed by atoms with Gasteiger partial charge in [0.25, 0.3) is 0 Å². The van der Waals surface area contributed by atoms with E-state index in [2.05, 4.69) is 12.6 Å². The Morgan fingerprint density at radius 2 is 1.87 bits per heavy atom. The summed E-state index contributed by atoms with van der Waals surface area (Å²) in [6, 6.07) is 0. The second-order valence-electron chi connectivity index (χ2n) is 4.01. The van der Waals surface area contributed by atoms with Gasteiger partial charge in [0.15, 0.2) is 5.54 Å². The summed E-state index contributed by atoms with van der Waals surface area (Å²) in [7, 11) is 0. The van der Waals surface area contributed by atoms with Crippen molar-refractivity contribution < 1.29 is 20.3 Å². The van der Waals surface area contributed by atoms with Gasteiger partial charge in [0.2, 0.25) is 0 Å². The highest BCUT2D eigenvalue weighted by Gasteiger charge is 2.50. The fourth-order valence-electron chi connectivity index (χ4n) is 2.26. The van der Waals surface area contributed by atoms with E-state index >= 15 is 0 Å². The predicted octanol–water partition coefficient (Wildman–Crippen LogP) is 1.40. The monoisotopic (exact) mass is 235 g/mol. The molecule has 6 heteroatoms. The Morgan fingerprint density at radius 3 is 2.20 bits per heavy atom. The Morgan fingerprint density at radius 1 is 1.33 bits per heavy atom. The van der Waals surface area contributed by atoms with Crippen LogP contribution in [0.5, 0.6) is 0 Å². The van der Waals surface area contributed by atoms with Crippen molar-refractivity contribution in [3.8, 4) is 0 Å². The number of carbonyl (C=O) groups is 1. The van der Waals surface area contributed by atoms with Crippen LogP contribution in [0, 0.1) is 5.92 Å². The van der Waals surface area contributed by atoms with Gasteiger partial charge in [-0.1, -0.05) is 24.5 Å². The Labute approximate surface area is 94.0 Å². The molecule has 1 aliphatic carbocycles. The molecule has 0 saturated heterocycles. The number of hydroxylamine groups is 2. The molecule has 0 amide bonds. The minimum absolute atomic E-state index is 0.111. The van der Waals surface area contributed by atoms with E-state index in [-0.39, 0.29) is 16.9 Å². The second kappa shape index (κ2) is 5.16. The van der Waals surface area contributed by atoms with Gasteiger partial charge in [0.05, 0.1) is 0 Å². The number of carboxylic acid groups (broad SMARTS) is 1. The van der Waals surface area contributed by atoms with Crippen molar-refractivity contribution in [3.63, 3.8) is 0 Å². The van der Waals surface area contributed by atoms with Gasteiger partial charge in [-0.3, -0.25) is 10.4 Å². The largest absolute Gasteiger partial charge is 0.480 e. The van der Waals surface area contributed by atoms with E-state index in [1.54, 1.807) is 0 Å². The van der Waals surface area contributed by atoms with Crippen molar-refractivity contribution in [2.24, 2.45) is 5.92 Å². The lowest BCUT2D eigenvalue weighted by Crippen LogP contribution is -2.59. The summed E-state index contributed by atoms with van der Waals surface area (Å²) in [5.41, 5.74) is -1.66. The summed E-state index contributed by atoms with van der Waals surface area (Å²) in [5.74, 6) is -1.59. The smallest absolute Gasteiger partial charge is 0.330 e. The molecule has 0 heterocycles. The van der Waals surface area contributed by atoms with Gasteiger partial charge in [-0.05, 0) is 18.8 Å². The molecule has 1 fully saturated rings. The van der Waals surface area contributed by atoms with Crippen molar-refractivity contribution in [2.75, 3.05) is 5.75 Å². The summed E-state index contributed by atoms with van der Waals surface area (Å²) in [6.07, 6.45) is 4.34. The first-order valence-corrected chi connectivity index (χ1v) is 5.71. The highest BCUT2D eigenvalue weighted by molar-refractivity contribution is 7.80. The lowest BCUT2D eigenvalue weighted by molar-refractivity contribution is -0.362. The SMILES string of the molecule is O=C(O)[C@@](CS)(C1CCCCC1)N(O)O. The molecule has 1 aliphatic rings. The van der Waals surface area contributed by atoms with Gasteiger partial charge in [-0.15, -0.1) is 0 Å². The first kappa shape index (κ1) is 12.8. The van der Waals surface area contributed by atoms with E-state index in [0.717, 1.165) is 19.3 Å². The van der Waals surface area contributed by atoms with Crippen LogP contribution in [0.15, 0.2) is 0 Å². The van der Waals surface area contributed by atoms with Crippen LogP contribution >= 0.6 is 12.6 Å². The molecule has 0 radical (unpaired) electrons. The normalized spacial score (nSPS) is 22.7. The van der Waals surface area contributed by atoms with Gasteiger partial charge >= 0.3 is 5.97 Å². The van der Waals surface area contributed by atoms with E-state index in [4.69, 9.17) is 15.5 Å². The lowest BCUT2D eigenvalue weighted by atomic mass is 9.76. The molecule has 1 saturated carbocycles. The Hall–Kier alpha value is -0.300. The molecular formula is C9H17NO4S. The van der Waals surface area contributed by atoms with E-state index in [9.17, 15) is 4.79 Å². The van der Waals surface area contributed by atoms with Gasteiger partial charge in [0, 0.05) is 5.75 Å². The minimum atomic E-state index is -1.66. The van der Waals surface area contributed by atoms with Gasteiger partial charge in [-0.25, -0.2) is 4.79 Å². The Kier molecular flexibility index (Phi) is 4.39. The number of hydrogen-bond donors (Lipinski definition) is 4. The molecule has 0 aromatic carbocycles. The number of hydrogen-bond acceptors (Lipinski definition) is 5. The Balaban J connectivity index is 2.91. The molecule has 0 aliphatic heterocycles. The number of aliphatic carboxylic acids is 1. The molecular weight excluding hydrogens is 218 g/mol. The maximum atomic E-state index is 11.2. The zero-order valence-corrected chi connectivity index (χ0v) is 9.36. The fraction of sp³-hybridized carbons (Fsp3) is 0.889. The molecule has 3 N–H and O–H groups in total. The van der Waals surface area contributed by atoms with Crippen LogP contribution in [-0.4, -0.2) is 38.0 Å². The molecule has 1 atom stereocenters. The molecule has 15 heavy (non-hydrogen) atoms. The second-order valence-corrected chi connectivity index (χ2v) is 4.33. The van der Waals surface area contributed by atoms with Gasteiger partial charge < -0.3 is 5.11 Å². The first-order chi connectivity index (χ1) is 7.05. The summed E-state index contributed by atoms with van der Waals surface area (Å²) in [6.45, 7) is 0. The third-order valence-electron chi connectivity index (χ3n) is 3.25. The van der Waals surface area contributed by atoms with Crippen molar-refractivity contribution in [1.29, 1.82) is 0 Å². The molecule has 0 aromatic heterocycles. The average molecular weight is 235 g/mol. The third kappa shape index (κ3) is 2.28. The molecule has 5 nitrogen and oxygen atoms in total. The number of nitrogens with zero attached hydrogens (tertiary/aromatic N) is 1. The quantitative estimate of drug-likeness (QED) is 0.437. The summed E-state index contributed by atoms with van der Waals surface area (Å²) < 4.78 is 0. The molecule has 88 valence electrons. The van der Waals surface area contributed by atoms with Crippen LogP contribution in [0.3, 0.4) is 0 Å². The molecule has 0 bridgehead atoms. The van der Waals surface area contributed by atoms with Gasteiger partial charge in [-0.2, -0.15) is 12.6 Å². The molecule has 0 unspecified atom stereocenters. The van der Waals surface area contributed by atoms with Crippen molar-refractivity contribution in [3.05, 3.63) is 0 Å². The minimum Gasteiger partial charge on any atom is -0.480 e. The predicted molar refractivity (Wildman–Crippen MR) is 56.2 cm³/mol. The van der Waals surface area contributed by atoms with E-state index in [1.807, 2.05) is 0 Å². The van der Waals surface area contributed by atoms with Crippen molar-refractivity contribution in [2.45, 2.75) is 37.6 Å². The topological polar surface area (TPSA) is 81.0 Å². The van der Waals surface area contributed by atoms with E-state index < -0.39 is 11.5 Å². The van der Waals surface area contributed by atoms with Crippen molar-refractivity contribution in [1.82, 2.24) is 5.23 Å². The summed E-state index contributed by atoms with van der Waals surface area (Å²) in [4.78, 5) is 11.2. The maximum absolute atomic E-state index is 11.2. The van der Waals surface area contributed by atoms with Crippen LogP contribution in [0.25, 0.3) is 0 Å². The number of carboxylic acids is 1. The lowest BCUT2D eigenvalue weighted by Gasteiger charge is -2.39. The number of thiol groups is 1.